The number of aliphatic hydroxyl groups is 1. The first-order valence-electron chi connectivity index (χ1n) is 8.13. The van der Waals surface area contributed by atoms with Crippen LogP contribution >= 0.6 is 0 Å². The number of benzene rings is 1. The van der Waals surface area contributed by atoms with Crippen molar-refractivity contribution >= 4 is 5.91 Å². The predicted molar refractivity (Wildman–Crippen MR) is 86.3 cm³/mol. The smallest absolute Gasteiger partial charge is 0.253 e. The molecule has 0 aliphatic carbocycles. The summed E-state index contributed by atoms with van der Waals surface area (Å²) >= 11 is 0. The minimum absolute atomic E-state index is 0.0843. The molecule has 7 heteroatoms. The van der Waals surface area contributed by atoms with Gasteiger partial charge in [-0.05, 0) is 42.9 Å². The van der Waals surface area contributed by atoms with E-state index in [0.29, 0.717) is 18.7 Å². The van der Waals surface area contributed by atoms with Gasteiger partial charge in [-0.2, -0.15) is 5.10 Å². The molecule has 1 aromatic heterocycles. The van der Waals surface area contributed by atoms with E-state index in [4.69, 9.17) is 0 Å². The predicted octanol–water partition coefficient (Wildman–Crippen LogP) is 2.03. The maximum Gasteiger partial charge on any atom is 0.253 e. The molecule has 1 aliphatic rings. The van der Waals surface area contributed by atoms with E-state index in [-0.39, 0.29) is 23.6 Å². The molecule has 0 atom stereocenters. The third-order valence-electron chi connectivity index (χ3n) is 5.06. The van der Waals surface area contributed by atoms with Gasteiger partial charge in [-0.3, -0.25) is 4.79 Å². The molecule has 0 spiro atoms. The molecule has 6 nitrogen and oxygen atoms in total. The van der Waals surface area contributed by atoms with Crippen molar-refractivity contribution in [3.63, 3.8) is 0 Å². The van der Waals surface area contributed by atoms with Gasteiger partial charge < -0.3 is 10.0 Å². The molecule has 1 saturated heterocycles. The number of carbonyl (C=O) groups is 1. The standard InChI is InChI=1S/C17H21FN4O2/c1-2-17(10-23)5-7-21(8-6-17)16(24)13-3-4-15(14(18)9-13)22-12-19-11-20-22/h3-4,9,11-12,23H,2,5-8,10H2,1H3. The van der Waals surface area contributed by atoms with E-state index in [2.05, 4.69) is 17.0 Å². The number of halogens is 1. The van der Waals surface area contributed by atoms with Crippen LogP contribution in [0.3, 0.4) is 0 Å². The van der Waals surface area contributed by atoms with Crippen molar-refractivity contribution < 1.29 is 14.3 Å². The normalized spacial score (nSPS) is 17.0. The maximum absolute atomic E-state index is 14.3. The van der Waals surface area contributed by atoms with Crippen LogP contribution in [0.25, 0.3) is 5.69 Å². The van der Waals surface area contributed by atoms with Crippen LogP contribution in [-0.4, -0.2) is 50.4 Å². The van der Waals surface area contributed by atoms with Gasteiger partial charge in [0, 0.05) is 25.3 Å². The lowest BCUT2D eigenvalue weighted by atomic mass is 9.77. The van der Waals surface area contributed by atoms with Crippen molar-refractivity contribution in [3.8, 4) is 5.69 Å². The zero-order chi connectivity index (χ0) is 17.2. The van der Waals surface area contributed by atoms with Crippen LogP contribution in [0, 0.1) is 11.2 Å². The number of hydrogen-bond donors (Lipinski definition) is 1. The Hall–Kier alpha value is -2.28. The molecular formula is C17H21FN4O2. The summed E-state index contributed by atoms with van der Waals surface area (Å²) in [6, 6.07) is 4.38. The zero-order valence-corrected chi connectivity index (χ0v) is 13.7. The SMILES string of the molecule is CCC1(CO)CCN(C(=O)c2ccc(-n3cncn3)c(F)c2)CC1. The summed E-state index contributed by atoms with van der Waals surface area (Å²) in [7, 11) is 0. The summed E-state index contributed by atoms with van der Waals surface area (Å²) in [4.78, 5) is 18.1. The van der Waals surface area contributed by atoms with Gasteiger partial charge in [0.15, 0.2) is 0 Å². The fourth-order valence-corrected chi connectivity index (χ4v) is 3.15. The summed E-state index contributed by atoms with van der Waals surface area (Å²) < 4.78 is 15.6. The number of hydrogen-bond acceptors (Lipinski definition) is 4. The Morgan fingerprint density at radius 1 is 1.38 bits per heavy atom. The monoisotopic (exact) mass is 332 g/mol. The van der Waals surface area contributed by atoms with E-state index in [9.17, 15) is 14.3 Å². The lowest BCUT2D eigenvalue weighted by molar-refractivity contribution is 0.0338. The quantitative estimate of drug-likeness (QED) is 0.930. The number of aromatic nitrogens is 3. The highest BCUT2D eigenvalue weighted by Gasteiger charge is 2.34. The van der Waals surface area contributed by atoms with E-state index in [1.807, 2.05) is 0 Å². The number of carbonyl (C=O) groups excluding carboxylic acids is 1. The van der Waals surface area contributed by atoms with Crippen LogP contribution in [0.2, 0.25) is 0 Å². The molecule has 1 aromatic carbocycles. The van der Waals surface area contributed by atoms with Crippen molar-refractivity contribution in [2.75, 3.05) is 19.7 Å². The van der Waals surface area contributed by atoms with Gasteiger partial charge in [0.05, 0.1) is 0 Å². The van der Waals surface area contributed by atoms with Gasteiger partial charge >= 0.3 is 0 Å². The number of amides is 1. The van der Waals surface area contributed by atoms with Crippen LogP contribution in [0.4, 0.5) is 4.39 Å². The molecule has 2 heterocycles. The zero-order valence-electron chi connectivity index (χ0n) is 13.7. The molecule has 24 heavy (non-hydrogen) atoms. The first-order valence-corrected chi connectivity index (χ1v) is 8.13. The van der Waals surface area contributed by atoms with Gasteiger partial charge in [-0.1, -0.05) is 6.92 Å². The van der Waals surface area contributed by atoms with E-state index < -0.39 is 5.82 Å². The molecule has 1 fully saturated rings. The van der Waals surface area contributed by atoms with Gasteiger partial charge in [0.25, 0.3) is 5.91 Å². The molecule has 3 rings (SSSR count). The largest absolute Gasteiger partial charge is 0.396 e. The molecule has 0 bridgehead atoms. The lowest BCUT2D eigenvalue weighted by Crippen LogP contribution is -2.44. The van der Waals surface area contributed by atoms with E-state index in [1.165, 1.54) is 29.5 Å². The van der Waals surface area contributed by atoms with Crippen LogP contribution in [-0.2, 0) is 0 Å². The Morgan fingerprint density at radius 2 is 2.12 bits per heavy atom. The molecular weight excluding hydrogens is 311 g/mol. The Kier molecular flexibility index (Phi) is 4.62. The Balaban J connectivity index is 1.73. The Bertz CT molecular complexity index is 703. The highest BCUT2D eigenvalue weighted by molar-refractivity contribution is 5.94. The van der Waals surface area contributed by atoms with Gasteiger partial charge in [0.1, 0.15) is 24.2 Å². The first kappa shape index (κ1) is 16.6. The second-order valence-electron chi connectivity index (χ2n) is 6.31. The fraction of sp³-hybridized carbons (Fsp3) is 0.471. The molecule has 2 aromatic rings. The summed E-state index contributed by atoms with van der Waals surface area (Å²) in [6.07, 6.45) is 5.17. The van der Waals surface area contributed by atoms with Gasteiger partial charge in [-0.15, -0.1) is 0 Å². The number of piperidine rings is 1. The third kappa shape index (κ3) is 3.03. The lowest BCUT2D eigenvalue weighted by Gasteiger charge is -2.40. The highest BCUT2D eigenvalue weighted by atomic mass is 19.1. The number of likely N-dealkylation sites (tertiary alicyclic amines) is 1. The van der Waals surface area contributed by atoms with Crippen molar-refractivity contribution in [3.05, 3.63) is 42.2 Å². The van der Waals surface area contributed by atoms with Gasteiger partial charge in [-0.25, -0.2) is 14.1 Å². The van der Waals surface area contributed by atoms with Crippen LogP contribution < -0.4 is 0 Å². The average Bonchev–Trinajstić information content (AvgIpc) is 3.15. The number of rotatable bonds is 4. The third-order valence-corrected chi connectivity index (χ3v) is 5.06. The summed E-state index contributed by atoms with van der Waals surface area (Å²) in [6.45, 7) is 3.37. The van der Waals surface area contributed by atoms with E-state index in [0.717, 1.165) is 19.3 Å². The van der Waals surface area contributed by atoms with Crippen molar-refractivity contribution in [2.45, 2.75) is 26.2 Å². The summed E-state index contributed by atoms with van der Waals surface area (Å²) in [5, 5.41) is 13.5. The van der Waals surface area contributed by atoms with Crippen molar-refractivity contribution in [1.82, 2.24) is 19.7 Å². The maximum atomic E-state index is 14.3. The minimum Gasteiger partial charge on any atom is -0.396 e. The molecule has 128 valence electrons. The summed E-state index contributed by atoms with van der Waals surface area (Å²) in [5.74, 6) is -0.691. The first-order chi connectivity index (χ1) is 11.6. The van der Waals surface area contributed by atoms with Crippen LogP contribution in [0.15, 0.2) is 30.9 Å². The average molecular weight is 332 g/mol. The topological polar surface area (TPSA) is 71.2 Å². The molecule has 1 aliphatic heterocycles. The highest BCUT2D eigenvalue weighted by Crippen LogP contribution is 2.34. The number of aliphatic hydroxyl groups excluding tert-OH is 1. The Morgan fingerprint density at radius 3 is 2.67 bits per heavy atom. The molecule has 0 radical (unpaired) electrons. The van der Waals surface area contributed by atoms with Crippen molar-refractivity contribution in [2.24, 2.45) is 5.41 Å². The molecule has 0 unspecified atom stereocenters. The summed E-state index contributed by atoms with van der Waals surface area (Å²) in [5.41, 5.74) is 0.497. The number of nitrogens with zero attached hydrogens (tertiary/aromatic N) is 4. The second-order valence-corrected chi connectivity index (χ2v) is 6.31. The van der Waals surface area contributed by atoms with Crippen LogP contribution in [0.5, 0.6) is 0 Å². The Labute approximate surface area is 139 Å². The minimum atomic E-state index is -0.512. The fourth-order valence-electron chi connectivity index (χ4n) is 3.15. The van der Waals surface area contributed by atoms with E-state index >= 15 is 0 Å². The van der Waals surface area contributed by atoms with Gasteiger partial charge in [0.2, 0.25) is 0 Å². The molecule has 1 N–H and O–H groups in total. The molecule has 0 saturated carbocycles. The van der Waals surface area contributed by atoms with Crippen LogP contribution in [0.1, 0.15) is 36.5 Å². The molecule has 1 amide bonds. The van der Waals surface area contributed by atoms with Crippen molar-refractivity contribution in [1.29, 1.82) is 0 Å². The van der Waals surface area contributed by atoms with E-state index in [1.54, 1.807) is 11.0 Å². The second kappa shape index (κ2) is 6.68.